The van der Waals surface area contributed by atoms with E-state index in [1.165, 1.54) is 0 Å². The maximum absolute atomic E-state index is 11.8. The smallest absolute Gasteiger partial charge is 0.407 e. The maximum atomic E-state index is 11.8. The molecule has 1 heterocycles. The van der Waals surface area contributed by atoms with Gasteiger partial charge < -0.3 is 19.7 Å². The minimum absolute atomic E-state index is 0.178. The van der Waals surface area contributed by atoms with E-state index in [4.69, 9.17) is 9.47 Å². The van der Waals surface area contributed by atoms with E-state index in [1.807, 2.05) is 39.0 Å². The molecular weight excluding hydrogens is 280 g/mol. The molecule has 1 aromatic rings. The second-order valence-electron chi connectivity index (χ2n) is 6.61. The van der Waals surface area contributed by atoms with Crippen molar-refractivity contribution in [2.75, 3.05) is 25.1 Å². The zero-order chi connectivity index (χ0) is 16.2. The second-order valence-corrected chi connectivity index (χ2v) is 6.61. The van der Waals surface area contributed by atoms with E-state index in [-0.39, 0.29) is 12.1 Å². The number of alkyl carbamates (subject to hydrolysis) is 1. The van der Waals surface area contributed by atoms with Gasteiger partial charge in [-0.1, -0.05) is 6.07 Å². The molecule has 5 heteroatoms. The third kappa shape index (κ3) is 4.83. The second kappa shape index (κ2) is 6.90. The van der Waals surface area contributed by atoms with E-state index in [0.717, 1.165) is 37.4 Å². The molecule has 5 nitrogen and oxygen atoms in total. The molecule has 1 saturated heterocycles. The van der Waals surface area contributed by atoms with Crippen molar-refractivity contribution in [1.82, 2.24) is 5.32 Å². The minimum Gasteiger partial charge on any atom is -0.497 e. The van der Waals surface area contributed by atoms with Crippen LogP contribution in [0.25, 0.3) is 0 Å². The van der Waals surface area contributed by atoms with Crippen molar-refractivity contribution in [3.05, 3.63) is 24.3 Å². The van der Waals surface area contributed by atoms with Crippen molar-refractivity contribution in [1.29, 1.82) is 0 Å². The van der Waals surface area contributed by atoms with Crippen molar-refractivity contribution in [2.45, 2.75) is 45.3 Å². The Morgan fingerprint density at radius 2 is 1.95 bits per heavy atom. The van der Waals surface area contributed by atoms with E-state index in [0.29, 0.717) is 0 Å². The van der Waals surface area contributed by atoms with Gasteiger partial charge in [0.25, 0.3) is 0 Å². The molecule has 1 fully saturated rings. The number of amides is 1. The first-order valence-corrected chi connectivity index (χ1v) is 7.76. The molecule has 2 rings (SSSR count). The Balaban J connectivity index is 1.84. The van der Waals surface area contributed by atoms with E-state index < -0.39 is 5.60 Å². The lowest BCUT2D eigenvalue weighted by molar-refractivity contribution is 0.0497. The molecule has 0 aliphatic carbocycles. The van der Waals surface area contributed by atoms with Gasteiger partial charge in [0.15, 0.2) is 0 Å². The first kappa shape index (κ1) is 16.5. The van der Waals surface area contributed by atoms with Gasteiger partial charge in [0.2, 0.25) is 0 Å². The number of benzene rings is 1. The lowest BCUT2D eigenvalue weighted by Gasteiger charge is -2.34. The molecule has 1 aliphatic rings. The van der Waals surface area contributed by atoms with Crippen LogP contribution in [0.4, 0.5) is 10.5 Å². The van der Waals surface area contributed by atoms with Gasteiger partial charge in [0, 0.05) is 30.9 Å². The van der Waals surface area contributed by atoms with E-state index >= 15 is 0 Å². The summed E-state index contributed by atoms with van der Waals surface area (Å²) in [6.07, 6.45) is 1.50. The highest BCUT2D eigenvalue weighted by molar-refractivity contribution is 5.68. The van der Waals surface area contributed by atoms with Crippen LogP contribution >= 0.6 is 0 Å². The predicted octanol–water partition coefficient (Wildman–Crippen LogP) is 3.19. The Labute approximate surface area is 132 Å². The van der Waals surface area contributed by atoms with Gasteiger partial charge in [-0.2, -0.15) is 0 Å². The number of rotatable bonds is 3. The standard InChI is InChI=1S/C17H26N2O3/c1-17(2,3)22-16(20)18-13-8-10-19(11-9-13)14-6-5-7-15(12-14)21-4/h5-7,12-13H,8-11H2,1-4H3,(H,18,20). The largest absolute Gasteiger partial charge is 0.497 e. The summed E-state index contributed by atoms with van der Waals surface area (Å²) in [5, 5.41) is 2.96. The first-order valence-electron chi connectivity index (χ1n) is 7.76. The lowest BCUT2D eigenvalue weighted by Crippen LogP contribution is -2.46. The van der Waals surface area contributed by atoms with Crippen LogP contribution in [0.15, 0.2) is 24.3 Å². The Morgan fingerprint density at radius 3 is 2.55 bits per heavy atom. The van der Waals surface area contributed by atoms with Gasteiger partial charge in [-0.3, -0.25) is 0 Å². The van der Waals surface area contributed by atoms with Crippen LogP contribution in [0, 0.1) is 0 Å². The Hall–Kier alpha value is -1.91. The number of nitrogens with one attached hydrogen (secondary N) is 1. The lowest BCUT2D eigenvalue weighted by atomic mass is 10.0. The topological polar surface area (TPSA) is 50.8 Å². The number of carbonyl (C=O) groups excluding carboxylic acids is 1. The van der Waals surface area contributed by atoms with Crippen molar-refractivity contribution in [3.63, 3.8) is 0 Å². The molecule has 22 heavy (non-hydrogen) atoms. The molecule has 122 valence electrons. The van der Waals surface area contributed by atoms with Crippen LogP contribution in [-0.4, -0.2) is 37.9 Å². The fourth-order valence-corrected chi connectivity index (χ4v) is 2.56. The van der Waals surface area contributed by atoms with Crippen molar-refractivity contribution < 1.29 is 14.3 Å². The van der Waals surface area contributed by atoms with Crippen LogP contribution in [-0.2, 0) is 4.74 Å². The van der Waals surface area contributed by atoms with Crippen LogP contribution in [0.5, 0.6) is 5.75 Å². The Kier molecular flexibility index (Phi) is 5.16. The zero-order valence-corrected chi connectivity index (χ0v) is 13.9. The van der Waals surface area contributed by atoms with Gasteiger partial charge in [0.1, 0.15) is 11.4 Å². The van der Waals surface area contributed by atoms with Crippen molar-refractivity contribution in [3.8, 4) is 5.75 Å². The van der Waals surface area contributed by atoms with Crippen LogP contribution in [0.3, 0.4) is 0 Å². The molecule has 0 spiro atoms. The molecular formula is C17H26N2O3. The number of hydrogen-bond acceptors (Lipinski definition) is 4. The van der Waals surface area contributed by atoms with Crippen LogP contribution in [0.1, 0.15) is 33.6 Å². The van der Waals surface area contributed by atoms with Gasteiger partial charge in [0.05, 0.1) is 7.11 Å². The summed E-state index contributed by atoms with van der Waals surface area (Å²) >= 11 is 0. The zero-order valence-electron chi connectivity index (χ0n) is 13.9. The Bertz CT molecular complexity index is 503. The maximum Gasteiger partial charge on any atom is 0.407 e. The number of piperidine rings is 1. The quantitative estimate of drug-likeness (QED) is 0.932. The highest BCUT2D eigenvalue weighted by Crippen LogP contribution is 2.24. The number of nitrogens with zero attached hydrogens (tertiary/aromatic N) is 1. The fourth-order valence-electron chi connectivity index (χ4n) is 2.56. The highest BCUT2D eigenvalue weighted by Gasteiger charge is 2.23. The molecule has 1 aromatic carbocycles. The molecule has 1 N–H and O–H groups in total. The summed E-state index contributed by atoms with van der Waals surface area (Å²) in [5.74, 6) is 0.867. The monoisotopic (exact) mass is 306 g/mol. The molecule has 0 atom stereocenters. The average Bonchev–Trinajstić information content (AvgIpc) is 2.46. The molecule has 0 unspecified atom stereocenters. The minimum atomic E-state index is -0.453. The number of carbonyl (C=O) groups is 1. The number of methoxy groups -OCH3 is 1. The van der Waals surface area contributed by atoms with E-state index in [1.54, 1.807) is 7.11 Å². The summed E-state index contributed by atoms with van der Waals surface area (Å²) in [6.45, 7) is 7.44. The van der Waals surface area contributed by atoms with Gasteiger partial charge >= 0.3 is 6.09 Å². The Morgan fingerprint density at radius 1 is 1.27 bits per heavy atom. The molecule has 1 amide bonds. The fraction of sp³-hybridized carbons (Fsp3) is 0.588. The number of ether oxygens (including phenoxy) is 2. The number of anilines is 1. The molecule has 1 aliphatic heterocycles. The normalized spacial score (nSPS) is 16.3. The van der Waals surface area contributed by atoms with Crippen LogP contribution in [0.2, 0.25) is 0 Å². The third-order valence-corrected chi connectivity index (χ3v) is 3.63. The number of hydrogen-bond donors (Lipinski definition) is 1. The predicted molar refractivity (Wildman–Crippen MR) is 87.6 cm³/mol. The first-order chi connectivity index (χ1) is 10.4. The van der Waals surface area contributed by atoms with Gasteiger partial charge in [-0.05, 0) is 45.7 Å². The summed E-state index contributed by atoms with van der Waals surface area (Å²) < 4.78 is 10.6. The summed E-state index contributed by atoms with van der Waals surface area (Å²) in [6, 6.07) is 8.25. The highest BCUT2D eigenvalue weighted by atomic mass is 16.6. The molecule has 0 saturated carbocycles. The summed E-state index contributed by atoms with van der Waals surface area (Å²) in [4.78, 5) is 14.1. The van der Waals surface area contributed by atoms with Crippen molar-refractivity contribution in [2.24, 2.45) is 0 Å². The molecule has 0 aromatic heterocycles. The SMILES string of the molecule is COc1cccc(N2CCC(NC(=O)OC(C)(C)C)CC2)c1. The van der Waals surface area contributed by atoms with E-state index in [2.05, 4.69) is 16.3 Å². The molecule has 0 bridgehead atoms. The summed E-state index contributed by atoms with van der Waals surface area (Å²) in [7, 11) is 1.68. The molecule has 0 radical (unpaired) electrons. The average molecular weight is 306 g/mol. The van der Waals surface area contributed by atoms with E-state index in [9.17, 15) is 4.79 Å². The third-order valence-electron chi connectivity index (χ3n) is 3.63. The van der Waals surface area contributed by atoms with Gasteiger partial charge in [-0.25, -0.2) is 4.79 Å². The van der Waals surface area contributed by atoms with Crippen LogP contribution < -0.4 is 15.0 Å². The van der Waals surface area contributed by atoms with Crippen molar-refractivity contribution >= 4 is 11.8 Å². The van der Waals surface area contributed by atoms with Gasteiger partial charge in [-0.15, -0.1) is 0 Å². The summed E-state index contributed by atoms with van der Waals surface area (Å²) in [5.41, 5.74) is 0.709.